The third-order valence-electron chi connectivity index (χ3n) is 7.05. The van der Waals surface area contributed by atoms with E-state index in [4.69, 9.17) is 4.37 Å². The van der Waals surface area contributed by atoms with E-state index < -0.39 is 0 Å². The molecule has 0 radical (unpaired) electrons. The SMILES string of the molecule is CCCCC1(C)SC2(CCCC2)C(=O)N1N1CCN(c2nsc3ccccc23)CC1. The Hall–Kier alpha value is -1.31. The highest BCUT2D eigenvalue weighted by Gasteiger charge is 2.60. The second-order valence-electron chi connectivity index (χ2n) is 9.14. The number of amides is 1. The first-order valence-corrected chi connectivity index (χ1v) is 13.0. The summed E-state index contributed by atoms with van der Waals surface area (Å²) in [5, 5.41) is 5.82. The summed E-state index contributed by atoms with van der Waals surface area (Å²) in [5.41, 5.74) is 0. The molecule has 1 aromatic carbocycles. The predicted molar refractivity (Wildman–Crippen MR) is 127 cm³/mol. The highest BCUT2D eigenvalue weighted by molar-refractivity contribution is 8.03. The van der Waals surface area contributed by atoms with E-state index in [-0.39, 0.29) is 9.62 Å². The van der Waals surface area contributed by atoms with E-state index in [1.807, 2.05) is 11.8 Å². The number of carbonyl (C=O) groups excluding carboxylic acids is 1. The minimum Gasteiger partial charge on any atom is -0.353 e. The lowest BCUT2D eigenvalue weighted by atomic mass is 10.0. The molecule has 30 heavy (non-hydrogen) atoms. The molecule has 7 heteroatoms. The van der Waals surface area contributed by atoms with Crippen molar-refractivity contribution < 1.29 is 4.79 Å². The molecule has 1 saturated carbocycles. The molecule has 1 spiro atoms. The molecule has 5 rings (SSSR count). The molecule has 1 aliphatic carbocycles. The summed E-state index contributed by atoms with van der Waals surface area (Å²) >= 11 is 3.57. The van der Waals surface area contributed by atoms with Crippen LogP contribution in [0.1, 0.15) is 58.8 Å². The zero-order valence-electron chi connectivity index (χ0n) is 18.1. The van der Waals surface area contributed by atoms with Gasteiger partial charge in [-0.25, -0.2) is 5.01 Å². The molecule has 5 nitrogen and oxygen atoms in total. The molecule has 2 aromatic rings. The average Bonchev–Trinajstić information content (AvgIpc) is 3.45. The topological polar surface area (TPSA) is 39.7 Å². The Morgan fingerprint density at radius 2 is 1.83 bits per heavy atom. The van der Waals surface area contributed by atoms with Crippen LogP contribution in [-0.4, -0.2) is 56.1 Å². The Bertz CT molecular complexity index is 917. The number of carbonyl (C=O) groups is 1. The molecule has 1 unspecified atom stereocenters. The number of hydrogen-bond acceptors (Lipinski definition) is 6. The summed E-state index contributed by atoms with van der Waals surface area (Å²) in [7, 11) is 0. The molecule has 1 atom stereocenters. The van der Waals surface area contributed by atoms with Gasteiger partial charge in [0.2, 0.25) is 0 Å². The Morgan fingerprint density at radius 3 is 2.57 bits per heavy atom. The van der Waals surface area contributed by atoms with Crippen molar-refractivity contribution in [2.75, 3.05) is 31.1 Å². The van der Waals surface area contributed by atoms with Crippen molar-refractivity contribution in [3.63, 3.8) is 0 Å². The number of piperazine rings is 1. The molecule has 2 aliphatic heterocycles. The van der Waals surface area contributed by atoms with Crippen molar-refractivity contribution in [1.82, 2.24) is 14.4 Å². The van der Waals surface area contributed by atoms with Gasteiger partial charge in [0.15, 0.2) is 0 Å². The fourth-order valence-corrected chi connectivity index (χ4v) is 8.31. The van der Waals surface area contributed by atoms with E-state index in [1.54, 1.807) is 11.5 Å². The highest BCUT2D eigenvalue weighted by Crippen LogP contribution is 2.57. The van der Waals surface area contributed by atoms with Crippen LogP contribution in [0.4, 0.5) is 5.82 Å². The minimum atomic E-state index is -0.162. The second-order valence-corrected chi connectivity index (χ2v) is 11.8. The summed E-state index contributed by atoms with van der Waals surface area (Å²) in [6, 6.07) is 8.49. The normalized spacial score (nSPS) is 27.1. The van der Waals surface area contributed by atoms with Gasteiger partial charge in [-0.3, -0.25) is 9.80 Å². The van der Waals surface area contributed by atoms with Gasteiger partial charge in [-0.05, 0) is 49.9 Å². The third-order valence-corrected chi connectivity index (χ3v) is 9.66. The number of nitrogens with zero attached hydrogens (tertiary/aromatic N) is 4. The van der Waals surface area contributed by atoms with Crippen LogP contribution in [0.25, 0.3) is 10.1 Å². The molecule has 3 fully saturated rings. The average molecular weight is 445 g/mol. The van der Waals surface area contributed by atoms with E-state index in [9.17, 15) is 4.79 Å². The number of hydrogen-bond donors (Lipinski definition) is 0. The van der Waals surface area contributed by atoms with Gasteiger partial charge in [-0.1, -0.05) is 44.7 Å². The van der Waals surface area contributed by atoms with Crippen molar-refractivity contribution in [3.8, 4) is 0 Å². The Balaban J connectivity index is 1.35. The van der Waals surface area contributed by atoms with E-state index in [1.165, 1.54) is 35.8 Å². The Morgan fingerprint density at radius 1 is 1.10 bits per heavy atom. The van der Waals surface area contributed by atoms with Gasteiger partial charge in [-0.15, -0.1) is 11.8 Å². The van der Waals surface area contributed by atoms with Gasteiger partial charge in [0.05, 0.1) is 9.45 Å². The lowest BCUT2D eigenvalue weighted by Crippen LogP contribution is -2.60. The molecule has 1 aromatic heterocycles. The van der Waals surface area contributed by atoms with Crippen molar-refractivity contribution >= 4 is 45.1 Å². The summed E-state index contributed by atoms with van der Waals surface area (Å²) in [4.78, 5) is 16.0. The first-order valence-electron chi connectivity index (χ1n) is 11.5. The maximum Gasteiger partial charge on any atom is 0.254 e. The van der Waals surface area contributed by atoms with Gasteiger partial charge in [0, 0.05) is 31.6 Å². The van der Waals surface area contributed by atoms with Crippen molar-refractivity contribution in [2.24, 2.45) is 0 Å². The van der Waals surface area contributed by atoms with Crippen LogP contribution in [0.3, 0.4) is 0 Å². The molecule has 1 amide bonds. The smallest absolute Gasteiger partial charge is 0.254 e. The van der Waals surface area contributed by atoms with E-state index in [2.05, 4.69) is 53.0 Å². The molecule has 3 aliphatic rings. The van der Waals surface area contributed by atoms with E-state index in [0.29, 0.717) is 5.91 Å². The zero-order valence-corrected chi connectivity index (χ0v) is 19.7. The molecular formula is C23H32N4OS2. The quantitative estimate of drug-likeness (QED) is 0.639. The van der Waals surface area contributed by atoms with Gasteiger partial charge < -0.3 is 4.90 Å². The number of thioether (sulfide) groups is 1. The van der Waals surface area contributed by atoms with E-state index >= 15 is 0 Å². The summed E-state index contributed by atoms with van der Waals surface area (Å²) < 4.78 is 5.83. The first-order chi connectivity index (χ1) is 14.6. The predicted octanol–water partition coefficient (Wildman–Crippen LogP) is 5.13. The number of unbranched alkanes of at least 4 members (excludes halogenated alkanes) is 1. The van der Waals surface area contributed by atoms with Crippen LogP contribution >= 0.6 is 23.3 Å². The summed E-state index contributed by atoms with van der Waals surface area (Å²) in [6.07, 6.45) is 7.93. The number of anilines is 1. The van der Waals surface area contributed by atoms with E-state index in [0.717, 1.165) is 51.3 Å². The Labute approximate surface area is 187 Å². The lowest BCUT2D eigenvalue weighted by Gasteiger charge is -2.45. The standard InChI is InChI=1S/C23H32N4OS2/c1-3-4-11-22(2)27(21(28)23(30-22)12-7-8-13-23)26-16-14-25(15-17-26)20-18-9-5-6-10-19(18)29-24-20/h5-6,9-10H,3-4,7-8,11-17H2,1-2H3. The third kappa shape index (κ3) is 3.33. The van der Waals surface area contributed by atoms with Gasteiger partial charge in [0.25, 0.3) is 5.91 Å². The summed E-state index contributed by atoms with van der Waals surface area (Å²) in [5.74, 6) is 1.49. The lowest BCUT2D eigenvalue weighted by molar-refractivity contribution is -0.157. The number of aromatic nitrogens is 1. The van der Waals surface area contributed by atoms with Crippen molar-refractivity contribution in [2.45, 2.75) is 68.4 Å². The number of fused-ring (bicyclic) bond motifs is 1. The molecule has 162 valence electrons. The zero-order chi connectivity index (χ0) is 20.8. The maximum atomic E-state index is 13.7. The fourth-order valence-electron chi connectivity index (χ4n) is 5.48. The molecule has 3 heterocycles. The van der Waals surface area contributed by atoms with Gasteiger partial charge in [0.1, 0.15) is 10.7 Å². The molecule has 0 N–H and O–H groups in total. The van der Waals surface area contributed by atoms with Crippen molar-refractivity contribution in [3.05, 3.63) is 24.3 Å². The second kappa shape index (κ2) is 7.99. The highest BCUT2D eigenvalue weighted by atomic mass is 32.2. The van der Waals surface area contributed by atoms with Crippen LogP contribution in [0.5, 0.6) is 0 Å². The number of benzene rings is 1. The number of hydrazine groups is 1. The van der Waals surface area contributed by atoms with Gasteiger partial charge >= 0.3 is 0 Å². The van der Waals surface area contributed by atoms with Crippen molar-refractivity contribution in [1.29, 1.82) is 0 Å². The maximum absolute atomic E-state index is 13.7. The van der Waals surface area contributed by atoms with Gasteiger partial charge in [-0.2, -0.15) is 4.37 Å². The minimum absolute atomic E-state index is 0.104. The van der Waals surface area contributed by atoms with Crippen LogP contribution in [0.2, 0.25) is 0 Å². The largest absolute Gasteiger partial charge is 0.353 e. The first kappa shape index (κ1) is 20.6. The molecular weight excluding hydrogens is 412 g/mol. The molecule has 2 saturated heterocycles. The molecule has 0 bridgehead atoms. The monoisotopic (exact) mass is 444 g/mol. The Kier molecular flexibility index (Phi) is 5.48. The van der Waals surface area contributed by atoms with Crippen LogP contribution in [0, 0.1) is 0 Å². The van der Waals surface area contributed by atoms with Crippen LogP contribution < -0.4 is 4.90 Å². The fraction of sp³-hybridized carbons (Fsp3) is 0.652. The summed E-state index contributed by atoms with van der Waals surface area (Å²) in [6.45, 7) is 8.17. The van der Waals surface area contributed by atoms with Crippen LogP contribution in [0.15, 0.2) is 24.3 Å². The number of rotatable bonds is 5. The van der Waals surface area contributed by atoms with Crippen LogP contribution in [-0.2, 0) is 4.79 Å².